The number of amides is 1. The largest absolute Gasteiger partial charge is 0.397 e. The normalized spacial score (nSPS) is 20.2. The Morgan fingerprint density at radius 3 is 2.45 bits per heavy atom. The second kappa shape index (κ2) is 6.55. The van der Waals surface area contributed by atoms with E-state index in [0.29, 0.717) is 5.91 Å². The van der Waals surface area contributed by atoms with E-state index in [2.05, 4.69) is 14.8 Å². The molecule has 1 saturated heterocycles. The molecule has 0 atom stereocenters. The maximum atomic E-state index is 12.6. The third kappa shape index (κ3) is 3.18. The zero-order valence-corrected chi connectivity index (χ0v) is 13.4. The third-order valence-electron chi connectivity index (χ3n) is 4.98. The van der Waals surface area contributed by atoms with Crippen LogP contribution >= 0.6 is 0 Å². The first-order chi connectivity index (χ1) is 10.6. The van der Waals surface area contributed by atoms with Gasteiger partial charge in [0.1, 0.15) is 5.82 Å². The van der Waals surface area contributed by atoms with Crippen LogP contribution in [0.5, 0.6) is 0 Å². The van der Waals surface area contributed by atoms with Gasteiger partial charge in [-0.3, -0.25) is 4.79 Å². The lowest BCUT2D eigenvalue weighted by Crippen LogP contribution is -2.50. The van der Waals surface area contributed by atoms with Crippen molar-refractivity contribution < 1.29 is 4.79 Å². The van der Waals surface area contributed by atoms with Gasteiger partial charge in [0.25, 0.3) is 0 Å². The summed E-state index contributed by atoms with van der Waals surface area (Å²) >= 11 is 0. The standard InChI is InChI=1S/C17H26N4O/c1-13-15(18)7-8-16(19-13)20-9-11-21(12-10-20)17(22)14-5-3-2-4-6-14/h7-8,14H,2-6,9-12,18H2,1H3. The number of nitrogens with zero attached hydrogens (tertiary/aromatic N) is 3. The summed E-state index contributed by atoms with van der Waals surface area (Å²) in [5.74, 6) is 1.62. The molecule has 0 spiro atoms. The quantitative estimate of drug-likeness (QED) is 0.910. The SMILES string of the molecule is Cc1nc(N2CCN(C(=O)C3CCCCC3)CC2)ccc1N. The predicted molar refractivity (Wildman–Crippen MR) is 88.8 cm³/mol. The lowest BCUT2D eigenvalue weighted by atomic mass is 9.88. The van der Waals surface area contributed by atoms with Gasteiger partial charge >= 0.3 is 0 Å². The fourth-order valence-corrected chi connectivity index (χ4v) is 3.50. The van der Waals surface area contributed by atoms with E-state index in [1.54, 1.807) is 0 Å². The van der Waals surface area contributed by atoms with Crippen molar-refractivity contribution in [3.63, 3.8) is 0 Å². The molecule has 0 aromatic carbocycles. The van der Waals surface area contributed by atoms with Gasteiger partial charge in [-0.05, 0) is 31.9 Å². The molecule has 5 nitrogen and oxygen atoms in total. The second-order valence-corrected chi connectivity index (χ2v) is 6.49. The summed E-state index contributed by atoms with van der Waals surface area (Å²) in [4.78, 5) is 21.4. The molecule has 0 unspecified atom stereocenters. The second-order valence-electron chi connectivity index (χ2n) is 6.49. The van der Waals surface area contributed by atoms with E-state index in [-0.39, 0.29) is 5.92 Å². The van der Waals surface area contributed by atoms with Crippen molar-refractivity contribution in [1.29, 1.82) is 0 Å². The van der Waals surface area contributed by atoms with E-state index in [4.69, 9.17) is 5.73 Å². The van der Waals surface area contributed by atoms with E-state index in [0.717, 1.165) is 56.2 Å². The molecule has 1 aromatic heterocycles. The van der Waals surface area contributed by atoms with Gasteiger partial charge in [-0.15, -0.1) is 0 Å². The molecule has 1 aromatic rings. The average Bonchev–Trinajstić information content (AvgIpc) is 2.58. The molecule has 120 valence electrons. The molecule has 1 saturated carbocycles. The van der Waals surface area contributed by atoms with Crippen molar-refractivity contribution in [3.05, 3.63) is 17.8 Å². The van der Waals surface area contributed by atoms with E-state index in [1.807, 2.05) is 19.1 Å². The number of pyridine rings is 1. The van der Waals surface area contributed by atoms with Gasteiger partial charge in [0.15, 0.2) is 0 Å². The van der Waals surface area contributed by atoms with Gasteiger partial charge in [-0.1, -0.05) is 19.3 Å². The number of piperazine rings is 1. The van der Waals surface area contributed by atoms with Crippen molar-refractivity contribution in [3.8, 4) is 0 Å². The highest BCUT2D eigenvalue weighted by Gasteiger charge is 2.28. The first kappa shape index (κ1) is 15.1. The van der Waals surface area contributed by atoms with Gasteiger partial charge in [0.2, 0.25) is 5.91 Å². The number of hydrogen-bond acceptors (Lipinski definition) is 4. The summed E-state index contributed by atoms with van der Waals surface area (Å²) in [5.41, 5.74) is 7.43. The van der Waals surface area contributed by atoms with Gasteiger partial charge in [0.05, 0.1) is 11.4 Å². The monoisotopic (exact) mass is 302 g/mol. The van der Waals surface area contributed by atoms with Crippen molar-refractivity contribution >= 4 is 17.4 Å². The Morgan fingerprint density at radius 1 is 1.14 bits per heavy atom. The minimum atomic E-state index is 0.275. The minimum Gasteiger partial charge on any atom is -0.397 e. The predicted octanol–water partition coefficient (Wildman–Crippen LogP) is 2.20. The fourth-order valence-electron chi connectivity index (χ4n) is 3.50. The van der Waals surface area contributed by atoms with Gasteiger partial charge in [0, 0.05) is 32.1 Å². The Hall–Kier alpha value is -1.78. The maximum absolute atomic E-state index is 12.6. The zero-order valence-electron chi connectivity index (χ0n) is 13.4. The van der Waals surface area contributed by atoms with E-state index >= 15 is 0 Å². The van der Waals surface area contributed by atoms with Crippen LogP contribution in [0.4, 0.5) is 11.5 Å². The molecule has 1 amide bonds. The first-order valence-electron chi connectivity index (χ1n) is 8.42. The van der Waals surface area contributed by atoms with E-state index < -0.39 is 0 Å². The number of aromatic nitrogens is 1. The smallest absolute Gasteiger partial charge is 0.225 e. The average molecular weight is 302 g/mol. The highest BCUT2D eigenvalue weighted by atomic mass is 16.2. The molecule has 2 fully saturated rings. The van der Waals surface area contributed by atoms with Crippen molar-refractivity contribution in [2.24, 2.45) is 5.92 Å². The molecule has 22 heavy (non-hydrogen) atoms. The minimum absolute atomic E-state index is 0.275. The molecule has 2 heterocycles. The summed E-state index contributed by atoms with van der Waals surface area (Å²) in [7, 11) is 0. The Morgan fingerprint density at radius 2 is 1.82 bits per heavy atom. The Kier molecular flexibility index (Phi) is 4.50. The molecule has 2 aliphatic rings. The van der Waals surface area contributed by atoms with Crippen molar-refractivity contribution in [2.75, 3.05) is 36.8 Å². The van der Waals surface area contributed by atoms with Gasteiger partial charge in [-0.25, -0.2) is 4.98 Å². The molecular formula is C17H26N4O. The Bertz CT molecular complexity index is 531. The maximum Gasteiger partial charge on any atom is 0.225 e. The van der Waals surface area contributed by atoms with Crippen molar-refractivity contribution in [2.45, 2.75) is 39.0 Å². The highest BCUT2D eigenvalue weighted by Crippen LogP contribution is 2.26. The van der Waals surface area contributed by atoms with Crippen LogP contribution in [0.15, 0.2) is 12.1 Å². The summed E-state index contributed by atoms with van der Waals surface area (Å²) in [6.45, 7) is 5.26. The molecule has 0 radical (unpaired) electrons. The van der Waals surface area contributed by atoms with Crippen LogP contribution in [-0.4, -0.2) is 42.0 Å². The molecule has 1 aliphatic carbocycles. The van der Waals surface area contributed by atoms with Gasteiger partial charge in [-0.2, -0.15) is 0 Å². The molecule has 5 heteroatoms. The number of aryl methyl sites for hydroxylation is 1. The summed E-state index contributed by atoms with van der Waals surface area (Å²) in [6.07, 6.45) is 5.88. The number of hydrogen-bond donors (Lipinski definition) is 1. The molecule has 1 aliphatic heterocycles. The molecular weight excluding hydrogens is 276 g/mol. The Labute approximate surface area is 132 Å². The topological polar surface area (TPSA) is 62.5 Å². The first-order valence-corrected chi connectivity index (χ1v) is 8.42. The summed E-state index contributed by atoms with van der Waals surface area (Å²) in [6, 6.07) is 3.89. The van der Waals surface area contributed by atoms with Crippen LogP contribution in [0.1, 0.15) is 37.8 Å². The lowest BCUT2D eigenvalue weighted by Gasteiger charge is -2.37. The van der Waals surface area contributed by atoms with Crippen LogP contribution in [0.3, 0.4) is 0 Å². The van der Waals surface area contributed by atoms with Crippen LogP contribution in [0, 0.1) is 12.8 Å². The van der Waals surface area contributed by atoms with Crippen LogP contribution in [0.2, 0.25) is 0 Å². The van der Waals surface area contributed by atoms with Crippen LogP contribution < -0.4 is 10.6 Å². The van der Waals surface area contributed by atoms with Crippen LogP contribution in [-0.2, 0) is 4.79 Å². The van der Waals surface area contributed by atoms with Crippen molar-refractivity contribution in [1.82, 2.24) is 9.88 Å². The fraction of sp³-hybridized carbons (Fsp3) is 0.647. The molecule has 0 bridgehead atoms. The lowest BCUT2D eigenvalue weighted by molar-refractivity contribution is -0.136. The number of anilines is 2. The van der Waals surface area contributed by atoms with E-state index in [1.165, 1.54) is 19.3 Å². The number of nitrogens with two attached hydrogens (primary N) is 1. The highest BCUT2D eigenvalue weighted by molar-refractivity contribution is 5.79. The van der Waals surface area contributed by atoms with Gasteiger partial charge < -0.3 is 15.5 Å². The number of carbonyl (C=O) groups excluding carboxylic acids is 1. The number of nitrogen functional groups attached to an aromatic ring is 1. The summed E-state index contributed by atoms with van der Waals surface area (Å²) < 4.78 is 0. The van der Waals surface area contributed by atoms with Crippen LogP contribution in [0.25, 0.3) is 0 Å². The van der Waals surface area contributed by atoms with E-state index in [9.17, 15) is 4.79 Å². The third-order valence-corrected chi connectivity index (χ3v) is 4.98. The molecule has 2 N–H and O–H groups in total. The Balaban J connectivity index is 1.57. The number of rotatable bonds is 2. The summed E-state index contributed by atoms with van der Waals surface area (Å²) in [5, 5.41) is 0. The number of carbonyl (C=O) groups is 1. The zero-order chi connectivity index (χ0) is 15.5. The molecule has 3 rings (SSSR count).